The quantitative estimate of drug-likeness (QED) is 0.803. The molecule has 1 aromatic carbocycles. The van der Waals surface area contributed by atoms with Crippen molar-refractivity contribution in [1.29, 1.82) is 10.5 Å². The second-order valence-corrected chi connectivity index (χ2v) is 3.39. The Morgan fingerprint density at radius 2 is 2.00 bits per heavy atom. The van der Waals surface area contributed by atoms with Gasteiger partial charge in [0.2, 0.25) is 5.91 Å². The van der Waals surface area contributed by atoms with E-state index in [-0.39, 0.29) is 11.5 Å². The lowest BCUT2D eigenvalue weighted by atomic mass is 10.1. The molecule has 5 nitrogen and oxygen atoms in total. The first-order chi connectivity index (χ1) is 8.21. The number of carbonyl (C=O) groups is 1. The summed E-state index contributed by atoms with van der Waals surface area (Å²) in [5.74, 6) is -0.132. The molecule has 0 bridgehead atoms. The second kappa shape index (κ2) is 6.26. The molecule has 0 aromatic heterocycles. The van der Waals surface area contributed by atoms with Crippen molar-refractivity contribution in [2.24, 2.45) is 0 Å². The van der Waals surface area contributed by atoms with Gasteiger partial charge >= 0.3 is 0 Å². The van der Waals surface area contributed by atoms with Crippen molar-refractivity contribution in [1.82, 2.24) is 5.32 Å². The van der Waals surface area contributed by atoms with Gasteiger partial charge in [0.05, 0.1) is 11.1 Å². The first-order valence-electron chi connectivity index (χ1n) is 5.10. The molecule has 1 aromatic rings. The van der Waals surface area contributed by atoms with Gasteiger partial charge in [-0.1, -0.05) is 0 Å². The van der Waals surface area contributed by atoms with E-state index in [0.717, 1.165) is 0 Å². The van der Waals surface area contributed by atoms with Gasteiger partial charge in [-0.25, -0.2) is 0 Å². The maximum absolute atomic E-state index is 11.4. The minimum absolute atomic E-state index is 0.132. The SMILES string of the molecule is CNCCC(=O)Nc1ccc(C#N)c(C#N)c1. The molecule has 17 heavy (non-hydrogen) atoms. The van der Waals surface area contributed by atoms with Crippen LogP contribution in [0.2, 0.25) is 0 Å². The summed E-state index contributed by atoms with van der Waals surface area (Å²) in [6.07, 6.45) is 0.360. The Kier molecular flexibility index (Phi) is 4.68. The Bertz CT molecular complexity index is 496. The lowest BCUT2D eigenvalue weighted by Crippen LogP contribution is -2.18. The highest BCUT2D eigenvalue weighted by Gasteiger charge is 2.05. The van der Waals surface area contributed by atoms with Crippen LogP contribution in [0.5, 0.6) is 0 Å². The summed E-state index contributed by atoms with van der Waals surface area (Å²) in [4.78, 5) is 11.4. The molecule has 86 valence electrons. The van der Waals surface area contributed by atoms with E-state index >= 15 is 0 Å². The summed E-state index contributed by atoms with van der Waals surface area (Å²) in [5, 5.41) is 23.1. The molecule has 0 saturated heterocycles. The highest BCUT2D eigenvalue weighted by Crippen LogP contribution is 2.14. The van der Waals surface area contributed by atoms with Gasteiger partial charge in [-0.3, -0.25) is 4.79 Å². The van der Waals surface area contributed by atoms with Crippen molar-refractivity contribution in [2.45, 2.75) is 6.42 Å². The molecule has 0 fully saturated rings. The normalized spacial score (nSPS) is 9.12. The standard InChI is InChI=1S/C12H12N4O/c1-15-5-4-12(17)16-11-3-2-9(7-13)10(6-11)8-14/h2-3,6,15H,4-5H2,1H3,(H,16,17). The summed E-state index contributed by atoms with van der Waals surface area (Å²) in [7, 11) is 1.77. The molecule has 0 aliphatic heterocycles. The molecule has 0 spiro atoms. The Morgan fingerprint density at radius 3 is 2.59 bits per heavy atom. The van der Waals surface area contributed by atoms with Crippen molar-refractivity contribution >= 4 is 11.6 Å². The number of amides is 1. The molecule has 0 radical (unpaired) electrons. The summed E-state index contributed by atoms with van der Waals surface area (Å²) in [6.45, 7) is 0.590. The average Bonchev–Trinajstić information content (AvgIpc) is 2.36. The third-order valence-corrected chi connectivity index (χ3v) is 2.15. The molecule has 0 aliphatic carbocycles. The second-order valence-electron chi connectivity index (χ2n) is 3.39. The number of nitriles is 2. The third kappa shape index (κ3) is 3.60. The number of nitrogens with zero attached hydrogens (tertiary/aromatic N) is 2. The number of hydrogen-bond donors (Lipinski definition) is 2. The van der Waals surface area contributed by atoms with Crippen LogP contribution in [-0.4, -0.2) is 19.5 Å². The Labute approximate surface area is 99.7 Å². The van der Waals surface area contributed by atoms with Crippen LogP contribution in [-0.2, 0) is 4.79 Å². The zero-order chi connectivity index (χ0) is 12.7. The molecule has 2 N–H and O–H groups in total. The average molecular weight is 228 g/mol. The van der Waals surface area contributed by atoms with E-state index in [9.17, 15) is 4.79 Å². The fourth-order valence-electron chi connectivity index (χ4n) is 1.27. The number of nitrogens with one attached hydrogen (secondary N) is 2. The van der Waals surface area contributed by atoms with E-state index in [0.29, 0.717) is 24.2 Å². The first-order valence-corrected chi connectivity index (χ1v) is 5.10. The van der Waals surface area contributed by atoms with Crippen molar-refractivity contribution in [3.63, 3.8) is 0 Å². The minimum atomic E-state index is -0.132. The van der Waals surface area contributed by atoms with E-state index < -0.39 is 0 Å². The van der Waals surface area contributed by atoms with Gasteiger partial charge < -0.3 is 10.6 Å². The van der Waals surface area contributed by atoms with Crippen molar-refractivity contribution in [3.05, 3.63) is 29.3 Å². The number of anilines is 1. The minimum Gasteiger partial charge on any atom is -0.326 e. The van der Waals surface area contributed by atoms with Gasteiger partial charge in [-0.15, -0.1) is 0 Å². The molecule has 1 rings (SSSR count). The fourth-order valence-corrected chi connectivity index (χ4v) is 1.27. The molecule has 5 heteroatoms. The van der Waals surface area contributed by atoms with Crippen LogP contribution in [0.1, 0.15) is 17.5 Å². The van der Waals surface area contributed by atoms with Gasteiger partial charge in [0, 0.05) is 18.7 Å². The molecular weight excluding hydrogens is 216 g/mol. The third-order valence-electron chi connectivity index (χ3n) is 2.15. The summed E-state index contributed by atoms with van der Waals surface area (Å²) in [5.41, 5.74) is 1.10. The van der Waals surface area contributed by atoms with Crippen LogP contribution in [0, 0.1) is 22.7 Å². The summed E-state index contributed by atoms with van der Waals surface area (Å²) >= 11 is 0. The van der Waals surface area contributed by atoms with Gasteiger partial charge in [0.25, 0.3) is 0 Å². The van der Waals surface area contributed by atoms with Gasteiger partial charge in [0.1, 0.15) is 12.1 Å². The Balaban J connectivity index is 2.77. The maximum Gasteiger partial charge on any atom is 0.225 e. The van der Waals surface area contributed by atoms with Crippen molar-refractivity contribution < 1.29 is 4.79 Å². The number of hydrogen-bond acceptors (Lipinski definition) is 4. The molecule has 0 atom stereocenters. The van der Waals surface area contributed by atoms with E-state index in [2.05, 4.69) is 10.6 Å². The highest BCUT2D eigenvalue weighted by atomic mass is 16.1. The van der Waals surface area contributed by atoms with Gasteiger partial charge in [0.15, 0.2) is 0 Å². The van der Waals surface area contributed by atoms with Crippen molar-refractivity contribution in [3.8, 4) is 12.1 Å². The lowest BCUT2D eigenvalue weighted by Gasteiger charge is -2.05. The molecule has 1 amide bonds. The van der Waals surface area contributed by atoms with Crippen LogP contribution in [0.15, 0.2) is 18.2 Å². The zero-order valence-electron chi connectivity index (χ0n) is 9.45. The predicted octanol–water partition coefficient (Wildman–Crippen LogP) is 0.978. The van der Waals surface area contributed by atoms with E-state index in [1.165, 1.54) is 12.1 Å². The molecule has 0 aliphatic rings. The van der Waals surface area contributed by atoms with Gasteiger partial charge in [-0.2, -0.15) is 10.5 Å². The topological polar surface area (TPSA) is 88.7 Å². The number of rotatable bonds is 4. The zero-order valence-corrected chi connectivity index (χ0v) is 9.45. The highest BCUT2D eigenvalue weighted by molar-refractivity contribution is 5.91. The maximum atomic E-state index is 11.4. The lowest BCUT2D eigenvalue weighted by molar-refractivity contribution is -0.116. The number of carbonyl (C=O) groups excluding carboxylic acids is 1. The number of benzene rings is 1. The van der Waals surface area contributed by atoms with Crippen LogP contribution in [0.3, 0.4) is 0 Å². The van der Waals surface area contributed by atoms with E-state index in [1.807, 2.05) is 12.1 Å². The van der Waals surface area contributed by atoms with Crippen LogP contribution in [0.4, 0.5) is 5.69 Å². The van der Waals surface area contributed by atoms with Crippen molar-refractivity contribution in [2.75, 3.05) is 18.9 Å². The molecular formula is C12H12N4O. The molecule has 0 unspecified atom stereocenters. The van der Waals surface area contributed by atoms with Gasteiger partial charge in [-0.05, 0) is 25.2 Å². The smallest absolute Gasteiger partial charge is 0.225 e. The molecule has 0 heterocycles. The molecule has 0 saturated carbocycles. The monoisotopic (exact) mass is 228 g/mol. The first kappa shape index (κ1) is 12.7. The van der Waals surface area contributed by atoms with E-state index in [4.69, 9.17) is 10.5 Å². The summed E-state index contributed by atoms with van der Waals surface area (Å²) < 4.78 is 0. The van der Waals surface area contributed by atoms with E-state index in [1.54, 1.807) is 13.1 Å². The summed E-state index contributed by atoms with van der Waals surface area (Å²) in [6, 6.07) is 8.46. The Hall–Kier alpha value is -2.37. The predicted molar refractivity (Wildman–Crippen MR) is 63.0 cm³/mol. The largest absolute Gasteiger partial charge is 0.326 e. The van der Waals surface area contributed by atoms with Crippen LogP contribution >= 0.6 is 0 Å². The van der Waals surface area contributed by atoms with Crippen LogP contribution in [0.25, 0.3) is 0 Å². The Morgan fingerprint density at radius 1 is 1.29 bits per heavy atom. The fraction of sp³-hybridized carbons (Fsp3) is 0.250. The van der Waals surface area contributed by atoms with Crippen LogP contribution < -0.4 is 10.6 Å².